The number of fused-ring (bicyclic) bond motifs is 1. The first-order valence-electron chi connectivity index (χ1n) is 9.57. The SMILES string of the molecule is Cc1ccc(OCC(=O)N[C@H](CC(N)=O)C(=O)O)c([C@H]2Cc3ccccc3C(=O)O2)c1. The van der Waals surface area contributed by atoms with Crippen LogP contribution in [0.25, 0.3) is 0 Å². The molecule has 0 saturated heterocycles. The number of carboxylic acid groups (broad SMARTS) is 1. The van der Waals surface area contributed by atoms with Crippen LogP contribution in [0.4, 0.5) is 0 Å². The highest BCUT2D eigenvalue weighted by molar-refractivity contribution is 5.92. The average molecular weight is 426 g/mol. The molecule has 1 heterocycles. The van der Waals surface area contributed by atoms with Gasteiger partial charge in [-0.1, -0.05) is 29.8 Å². The van der Waals surface area contributed by atoms with Crippen molar-refractivity contribution in [2.24, 2.45) is 5.73 Å². The number of primary amides is 1. The van der Waals surface area contributed by atoms with E-state index in [1.165, 1.54) is 0 Å². The fourth-order valence-electron chi connectivity index (χ4n) is 3.34. The number of hydrogen-bond acceptors (Lipinski definition) is 6. The quantitative estimate of drug-likeness (QED) is 0.539. The largest absolute Gasteiger partial charge is 0.483 e. The standard InChI is InChI=1S/C22H22N2O7/c1-12-6-7-17(30-11-20(26)24-16(21(27)28)10-19(23)25)15(8-12)18-9-13-4-2-3-5-14(13)22(29)31-18/h2-8,16,18H,9-11H2,1H3,(H2,23,25)(H,24,26)(H,27,28)/t16-,18-/m1/s1. The Kier molecular flexibility index (Phi) is 6.54. The summed E-state index contributed by atoms with van der Waals surface area (Å²) in [4.78, 5) is 46.7. The van der Waals surface area contributed by atoms with Crippen molar-refractivity contribution in [1.82, 2.24) is 5.32 Å². The normalized spacial score (nSPS) is 15.9. The third kappa shape index (κ3) is 5.39. The molecule has 9 heteroatoms. The van der Waals surface area contributed by atoms with Gasteiger partial charge in [-0.3, -0.25) is 9.59 Å². The van der Waals surface area contributed by atoms with E-state index in [2.05, 4.69) is 5.32 Å². The molecule has 1 aliphatic heterocycles. The summed E-state index contributed by atoms with van der Waals surface area (Å²) in [5, 5.41) is 11.3. The summed E-state index contributed by atoms with van der Waals surface area (Å²) < 4.78 is 11.2. The molecule has 3 rings (SSSR count). The molecule has 2 aromatic rings. The van der Waals surface area contributed by atoms with Crippen molar-refractivity contribution in [3.8, 4) is 5.75 Å². The first kappa shape index (κ1) is 21.8. The van der Waals surface area contributed by atoms with Crippen LogP contribution in [-0.4, -0.2) is 41.5 Å². The average Bonchev–Trinajstić information content (AvgIpc) is 2.72. The fraction of sp³-hybridized carbons (Fsp3) is 0.273. The van der Waals surface area contributed by atoms with Crippen molar-refractivity contribution in [1.29, 1.82) is 0 Å². The maximum atomic E-state index is 12.4. The summed E-state index contributed by atoms with van der Waals surface area (Å²) in [6, 6.07) is 11.0. The zero-order chi connectivity index (χ0) is 22.5. The molecular formula is C22H22N2O7. The number of cyclic esters (lactones) is 1. The molecule has 9 nitrogen and oxygen atoms in total. The lowest BCUT2D eigenvalue weighted by Gasteiger charge is -2.26. The van der Waals surface area contributed by atoms with Gasteiger partial charge in [0.2, 0.25) is 5.91 Å². The fourth-order valence-corrected chi connectivity index (χ4v) is 3.34. The number of ether oxygens (including phenoxy) is 2. The molecule has 2 amide bonds. The number of nitrogens with two attached hydrogens (primary N) is 1. The highest BCUT2D eigenvalue weighted by Crippen LogP contribution is 2.35. The molecule has 162 valence electrons. The smallest absolute Gasteiger partial charge is 0.339 e. The second-order valence-electron chi connectivity index (χ2n) is 7.21. The van der Waals surface area contributed by atoms with Gasteiger partial charge >= 0.3 is 11.9 Å². The molecular weight excluding hydrogens is 404 g/mol. The summed E-state index contributed by atoms with van der Waals surface area (Å²) in [5.74, 6) is -3.07. The Balaban J connectivity index is 1.74. The van der Waals surface area contributed by atoms with E-state index in [1.807, 2.05) is 25.1 Å². The minimum absolute atomic E-state index is 0.333. The predicted molar refractivity (Wildman–Crippen MR) is 108 cm³/mol. The van der Waals surface area contributed by atoms with Crippen LogP contribution in [0.5, 0.6) is 5.75 Å². The van der Waals surface area contributed by atoms with Crippen LogP contribution in [0.2, 0.25) is 0 Å². The molecule has 1 aliphatic rings. The van der Waals surface area contributed by atoms with E-state index in [-0.39, 0.29) is 0 Å². The van der Waals surface area contributed by atoms with E-state index in [1.54, 1.807) is 24.3 Å². The monoisotopic (exact) mass is 426 g/mol. The lowest BCUT2D eigenvalue weighted by Crippen LogP contribution is -2.45. The highest BCUT2D eigenvalue weighted by atomic mass is 16.5. The van der Waals surface area contributed by atoms with Crippen LogP contribution >= 0.6 is 0 Å². The van der Waals surface area contributed by atoms with Gasteiger partial charge < -0.3 is 25.6 Å². The molecule has 4 N–H and O–H groups in total. The van der Waals surface area contributed by atoms with Crippen molar-refractivity contribution in [2.75, 3.05) is 6.61 Å². The van der Waals surface area contributed by atoms with Crippen LogP contribution in [0.15, 0.2) is 42.5 Å². The van der Waals surface area contributed by atoms with Gasteiger partial charge in [0.05, 0.1) is 12.0 Å². The highest BCUT2D eigenvalue weighted by Gasteiger charge is 2.29. The molecule has 0 unspecified atom stereocenters. The Morgan fingerprint density at radius 2 is 2.00 bits per heavy atom. The van der Waals surface area contributed by atoms with Gasteiger partial charge in [0.25, 0.3) is 5.91 Å². The van der Waals surface area contributed by atoms with E-state index in [0.29, 0.717) is 23.3 Å². The molecule has 0 radical (unpaired) electrons. The van der Waals surface area contributed by atoms with Gasteiger partial charge in [-0.25, -0.2) is 9.59 Å². The van der Waals surface area contributed by atoms with Gasteiger partial charge in [-0.2, -0.15) is 0 Å². The Labute approximate surface area is 178 Å². The van der Waals surface area contributed by atoms with Crippen molar-refractivity contribution in [3.05, 3.63) is 64.7 Å². The third-order valence-electron chi connectivity index (χ3n) is 4.80. The summed E-state index contributed by atoms with van der Waals surface area (Å²) in [7, 11) is 0. The second kappa shape index (κ2) is 9.29. The maximum absolute atomic E-state index is 12.4. The van der Waals surface area contributed by atoms with Crippen molar-refractivity contribution in [3.63, 3.8) is 0 Å². The van der Waals surface area contributed by atoms with Crippen LogP contribution in [0.1, 0.15) is 39.6 Å². The summed E-state index contributed by atoms with van der Waals surface area (Å²) in [5.41, 5.74) is 7.89. The molecule has 0 fully saturated rings. The number of amides is 2. The third-order valence-corrected chi connectivity index (χ3v) is 4.80. The molecule has 0 aliphatic carbocycles. The van der Waals surface area contributed by atoms with Gasteiger partial charge in [-0.15, -0.1) is 0 Å². The zero-order valence-corrected chi connectivity index (χ0v) is 16.8. The van der Waals surface area contributed by atoms with Crippen LogP contribution < -0.4 is 15.8 Å². The minimum Gasteiger partial charge on any atom is -0.483 e. The number of hydrogen-bond donors (Lipinski definition) is 3. The number of benzene rings is 2. The van der Waals surface area contributed by atoms with E-state index in [9.17, 15) is 19.2 Å². The van der Waals surface area contributed by atoms with E-state index in [0.717, 1.165) is 11.1 Å². The first-order chi connectivity index (χ1) is 14.7. The summed E-state index contributed by atoms with van der Waals surface area (Å²) in [6.45, 7) is 1.38. The lowest BCUT2D eigenvalue weighted by molar-refractivity contribution is -0.143. The number of aryl methyl sites for hydroxylation is 1. The number of rotatable bonds is 8. The number of carbonyl (C=O) groups is 4. The second-order valence-corrected chi connectivity index (χ2v) is 7.21. The molecule has 0 spiro atoms. The molecule has 2 atom stereocenters. The van der Waals surface area contributed by atoms with Crippen LogP contribution in [0.3, 0.4) is 0 Å². The Bertz CT molecular complexity index is 1030. The van der Waals surface area contributed by atoms with Crippen molar-refractivity contribution >= 4 is 23.8 Å². The Morgan fingerprint density at radius 3 is 2.71 bits per heavy atom. The molecule has 0 saturated carbocycles. The molecule has 2 aromatic carbocycles. The first-order valence-corrected chi connectivity index (χ1v) is 9.57. The number of aliphatic carboxylic acids is 1. The van der Waals surface area contributed by atoms with Crippen molar-refractivity contribution < 1.29 is 33.8 Å². The zero-order valence-electron chi connectivity index (χ0n) is 16.8. The minimum atomic E-state index is -1.44. The van der Waals surface area contributed by atoms with Crippen molar-refractivity contribution in [2.45, 2.75) is 31.9 Å². The topological polar surface area (TPSA) is 145 Å². The van der Waals surface area contributed by atoms with Gasteiger partial charge in [0.15, 0.2) is 6.61 Å². The number of carbonyl (C=O) groups excluding carboxylic acids is 3. The molecule has 0 aromatic heterocycles. The molecule has 31 heavy (non-hydrogen) atoms. The Morgan fingerprint density at radius 1 is 1.26 bits per heavy atom. The number of esters is 1. The molecule has 0 bridgehead atoms. The number of nitrogens with one attached hydrogen (secondary N) is 1. The summed E-state index contributed by atoms with van der Waals surface area (Å²) in [6.07, 6.45) is -0.677. The van der Waals surface area contributed by atoms with E-state index in [4.69, 9.17) is 20.3 Å². The van der Waals surface area contributed by atoms with Gasteiger partial charge in [0.1, 0.15) is 17.9 Å². The summed E-state index contributed by atoms with van der Waals surface area (Å²) >= 11 is 0. The number of carboxylic acids is 1. The van der Waals surface area contributed by atoms with E-state index < -0.39 is 48.9 Å². The van der Waals surface area contributed by atoms with Crippen LogP contribution in [-0.2, 0) is 25.5 Å². The van der Waals surface area contributed by atoms with Gasteiger partial charge in [0, 0.05) is 12.0 Å². The van der Waals surface area contributed by atoms with Gasteiger partial charge in [-0.05, 0) is 30.7 Å². The van der Waals surface area contributed by atoms with E-state index >= 15 is 0 Å². The predicted octanol–water partition coefficient (Wildman–Crippen LogP) is 1.27. The Hall–Kier alpha value is -3.88. The maximum Gasteiger partial charge on any atom is 0.339 e. The van der Waals surface area contributed by atoms with Crippen LogP contribution in [0, 0.1) is 6.92 Å². The lowest BCUT2D eigenvalue weighted by atomic mass is 9.93.